The zero-order valence-electron chi connectivity index (χ0n) is 18.0. The standard InChI is InChI=1S/C26H38N2O/c1-3-20-4-2-12-29-26(20)25(5-1)28-10-7-23(8-11-28)27-9-6-24-21-14-18-13-19(16-21)17-22(24)15-18/h1,3,5,18-19,21-24,27H,2,4,6-17H2. The van der Waals surface area contributed by atoms with Gasteiger partial charge in [0.05, 0.1) is 12.3 Å². The number of hydrogen-bond donors (Lipinski definition) is 1. The summed E-state index contributed by atoms with van der Waals surface area (Å²) >= 11 is 0. The molecule has 29 heavy (non-hydrogen) atoms. The van der Waals surface area contributed by atoms with E-state index in [1.807, 2.05) is 0 Å². The lowest BCUT2D eigenvalue weighted by atomic mass is 9.51. The molecule has 158 valence electrons. The number of benzene rings is 1. The molecule has 2 aliphatic heterocycles. The Morgan fingerprint density at radius 3 is 2.48 bits per heavy atom. The zero-order chi connectivity index (χ0) is 19.2. The number of piperidine rings is 1. The van der Waals surface area contributed by atoms with Gasteiger partial charge in [0, 0.05) is 19.1 Å². The van der Waals surface area contributed by atoms with Crippen LogP contribution in [-0.4, -0.2) is 32.3 Å². The van der Waals surface area contributed by atoms with E-state index in [4.69, 9.17) is 4.74 Å². The second-order valence-corrected chi connectivity index (χ2v) is 10.8. The van der Waals surface area contributed by atoms with E-state index >= 15 is 0 Å². The summed E-state index contributed by atoms with van der Waals surface area (Å²) < 4.78 is 6.06. The second kappa shape index (κ2) is 7.80. The molecule has 0 aromatic heterocycles. The van der Waals surface area contributed by atoms with Crippen LogP contribution in [0, 0.1) is 29.6 Å². The van der Waals surface area contributed by atoms with Crippen molar-refractivity contribution in [1.29, 1.82) is 0 Å². The number of anilines is 1. The molecule has 1 saturated heterocycles. The molecule has 4 aliphatic carbocycles. The molecule has 0 spiro atoms. The monoisotopic (exact) mass is 394 g/mol. The molecule has 4 bridgehead atoms. The van der Waals surface area contributed by atoms with E-state index in [0.29, 0.717) is 6.04 Å². The lowest BCUT2D eigenvalue weighted by Crippen LogP contribution is -2.47. The molecule has 0 atom stereocenters. The van der Waals surface area contributed by atoms with Crippen LogP contribution < -0.4 is 15.0 Å². The first-order chi connectivity index (χ1) is 14.3. The molecule has 7 rings (SSSR count). The number of nitrogens with zero attached hydrogens (tertiary/aromatic N) is 1. The number of rotatable bonds is 5. The molecule has 1 aromatic rings. The van der Waals surface area contributed by atoms with Crippen molar-refractivity contribution < 1.29 is 4.74 Å². The Hall–Kier alpha value is -1.22. The third-order valence-corrected chi connectivity index (χ3v) is 9.08. The van der Waals surface area contributed by atoms with Gasteiger partial charge in [0.15, 0.2) is 0 Å². The van der Waals surface area contributed by atoms with Crippen LogP contribution in [0.4, 0.5) is 5.69 Å². The summed E-state index contributed by atoms with van der Waals surface area (Å²) in [6.07, 6.45) is 14.2. The zero-order valence-corrected chi connectivity index (χ0v) is 18.0. The molecule has 0 unspecified atom stereocenters. The lowest BCUT2D eigenvalue weighted by Gasteiger charge is -2.54. The number of hydrogen-bond acceptors (Lipinski definition) is 3. The highest BCUT2D eigenvalue weighted by Gasteiger charge is 2.47. The van der Waals surface area contributed by atoms with E-state index in [-0.39, 0.29) is 0 Å². The number of para-hydroxylation sites is 1. The summed E-state index contributed by atoms with van der Waals surface area (Å²) in [4.78, 5) is 2.57. The Kier molecular flexibility index (Phi) is 4.98. The van der Waals surface area contributed by atoms with E-state index in [0.717, 1.165) is 55.7 Å². The number of aryl methyl sites for hydroxylation is 1. The minimum Gasteiger partial charge on any atom is -0.491 e. The summed E-state index contributed by atoms with van der Waals surface area (Å²) in [6, 6.07) is 7.45. The first kappa shape index (κ1) is 18.5. The van der Waals surface area contributed by atoms with Gasteiger partial charge in [-0.05, 0) is 112 Å². The molecule has 2 heterocycles. The van der Waals surface area contributed by atoms with Crippen molar-refractivity contribution in [3.05, 3.63) is 23.8 Å². The van der Waals surface area contributed by atoms with E-state index in [2.05, 4.69) is 28.4 Å². The van der Waals surface area contributed by atoms with Gasteiger partial charge in [0.1, 0.15) is 5.75 Å². The van der Waals surface area contributed by atoms with E-state index in [9.17, 15) is 0 Å². The first-order valence-corrected chi connectivity index (χ1v) is 12.6. The third-order valence-electron chi connectivity index (χ3n) is 9.08. The smallest absolute Gasteiger partial charge is 0.145 e. The maximum atomic E-state index is 6.06. The fourth-order valence-corrected chi connectivity index (χ4v) is 7.91. The maximum Gasteiger partial charge on any atom is 0.145 e. The van der Waals surface area contributed by atoms with Crippen molar-refractivity contribution in [3.8, 4) is 5.75 Å². The summed E-state index contributed by atoms with van der Waals surface area (Å²) in [5, 5.41) is 3.96. The summed E-state index contributed by atoms with van der Waals surface area (Å²) in [5.74, 6) is 6.60. The summed E-state index contributed by atoms with van der Waals surface area (Å²) in [7, 11) is 0. The van der Waals surface area contributed by atoms with Crippen molar-refractivity contribution in [2.45, 2.75) is 70.3 Å². The summed E-state index contributed by atoms with van der Waals surface area (Å²) in [5.41, 5.74) is 2.75. The van der Waals surface area contributed by atoms with Crippen molar-refractivity contribution >= 4 is 5.69 Å². The molecular weight excluding hydrogens is 356 g/mol. The van der Waals surface area contributed by atoms with Crippen LogP contribution >= 0.6 is 0 Å². The van der Waals surface area contributed by atoms with Crippen LogP contribution in [0.15, 0.2) is 18.2 Å². The average molecular weight is 395 g/mol. The predicted octanol–water partition coefficient (Wildman–Crippen LogP) is 5.03. The SMILES string of the molecule is c1cc2c(c(N3CCC(NCCC4C5CC6CC(C5)CC4C6)CC3)c1)OCCC2. The van der Waals surface area contributed by atoms with Gasteiger partial charge in [0.2, 0.25) is 0 Å². The van der Waals surface area contributed by atoms with Crippen molar-refractivity contribution in [1.82, 2.24) is 5.32 Å². The minimum absolute atomic E-state index is 0.712. The number of fused-ring (bicyclic) bond motifs is 1. The average Bonchev–Trinajstić information content (AvgIpc) is 2.75. The Morgan fingerprint density at radius 2 is 1.72 bits per heavy atom. The molecule has 3 heteroatoms. The topological polar surface area (TPSA) is 24.5 Å². The molecule has 6 aliphatic rings. The van der Waals surface area contributed by atoms with Gasteiger partial charge < -0.3 is 15.0 Å². The second-order valence-electron chi connectivity index (χ2n) is 10.8. The number of ether oxygens (including phenoxy) is 1. The van der Waals surface area contributed by atoms with Crippen LogP contribution in [0.3, 0.4) is 0 Å². The van der Waals surface area contributed by atoms with Crippen molar-refractivity contribution in [2.24, 2.45) is 29.6 Å². The van der Waals surface area contributed by atoms with Crippen LogP contribution in [0.1, 0.15) is 63.4 Å². The van der Waals surface area contributed by atoms with Gasteiger partial charge in [-0.25, -0.2) is 0 Å². The van der Waals surface area contributed by atoms with E-state index in [1.165, 1.54) is 49.2 Å². The predicted molar refractivity (Wildman–Crippen MR) is 119 cm³/mol. The third kappa shape index (κ3) is 3.58. The lowest BCUT2D eigenvalue weighted by molar-refractivity contribution is -0.0395. The van der Waals surface area contributed by atoms with Crippen LogP contribution in [0.25, 0.3) is 0 Å². The Morgan fingerprint density at radius 1 is 0.966 bits per heavy atom. The molecule has 0 radical (unpaired) electrons. The fraction of sp³-hybridized carbons (Fsp3) is 0.769. The normalized spacial score (nSPS) is 36.1. The van der Waals surface area contributed by atoms with Crippen molar-refractivity contribution in [2.75, 3.05) is 31.1 Å². The quantitative estimate of drug-likeness (QED) is 0.758. The molecule has 5 fully saturated rings. The maximum absolute atomic E-state index is 6.06. The largest absolute Gasteiger partial charge is 0.491 e. The van der Waals surface area contributed by atoms with Gasteiger partial charge in [-0.15, -0.1) is 0 Å². The van der Waals surface area contributed by atoms with Gasteiger partial charge in [-0.3, -0.25) is 0 Å². The van der Waals surface area contributed by atoms with Gasteiger partial charge >= 0.3 is 0 Å². The fourth-order valence-electron chi connectivity index (χ4n) is 7.91. The number of nitrogens with one attached hydrogen (secondary N) is 1. The molecule has 1 N–H and O–H groups in total. The first-order valence-electron chi connectivity index (χ1n) is 12.6. The highest BCUT2D eigenvalue weighted by molar-refractivity contribution is 5.62. The van der Waals surface area contributed by atoms with Crippen LogP contribution in [0.5, 0.6) is 5.75 Å². The van der Waals surface area contributed by atoms with E-state index < -0.39 is 0 Å². The van der Waals surface area contributed by atoms with Gasteiger partial charge in [0.25, 0.3) is 0 Å². The summed E-state index contributed by atoms with van der Waals surface area (Å²) in [6.45, 7) is 4.46. The Bertz CT molecular complexity index is 695. The van der Waals surface area contributed by atoms with Crippen LogP contribution in [0.2, 0.25) is 0 Å². The Balaban J connectivity index is 0.995. The molecular formula is C26H38N2O. The molecule has 4 saturated carbocycles. The van der Waals surface area contributed by atoms with Crippen molar-refractivity contribution in [3.63, 3.8) is 0 Å². The minimum atomic E-state index is 0.712. The highest BCUT2D eigenvalue weighted by Crippen LogP contribution is 2.57. The van der Waals surface area contributed by atoms with Crippen LogP contribution in [-0.2, 0) is 6.42 Å². The molecule has 0 amide bonds. The Labute approximate surface area is 176 Å². The molecule has 3 nitrogen and oxygen atoms in total. The van der Waals surface area contributed by atoms with Gasteiger partial charge in [-0.1, -0.05) is 12.1 Å². The van der Waals surface area contributed by atoms with E-state index in [1.54, 1.807) is 32.1 Å². The van der Waals surface area contributed by atoms with Gasteiger partial charge in [-0.2, -0.15) is 0 Å². The molecule has 1 aromatic carbocycles. The highest BCUT2D eigenvalue weighted by atomic mass is 16.5.